The molecule has 0 saturated heterocycles. The number of aromatic nitrogens is 2. The second-order valence-electron chi connectivity index (χ2n) is 6.91. The summed E-state index contributed by atoms with van der Waals surface area (Å²) in [5.74, 6) is 12.8. The Balaban J connectivity index is 1.34. The van der Waals surface area contributed by atoms with Crippen LogP contribution in [0, 0.1) is 23.7 Å². The predicted octanol–water partition coefficient (Wildman–Crippen LogP) is 5.58. The van der Waals surface area contributed by atoms with Crippen LogP contribution in [0.5, 0.6) is 0 Å². The molecule has 0 unspecified atom stereocenters. The summed E-state index contributed by atoms with van der Waals surface area (Å²) < 4.78 is 0. The van der Waals surface area contributed by atoms with E-state index in [1.54, 1.807) is 0 Å². The first-order valence-electron chi connectivity index (χ1n) is 9.67. The molecule has 2 heterocycles. The molecule has 30 heavy (non-hydrogen) atoms. The number of nitrogens with zero attached hydrogens (tertiary/aromatic N) is 2. The van der Waals surface area contributed by atoms with Crippen molar-refractivity contribution in [2.24, 2.45) is 0 Å². The van der Waals surface area contributed by atoms with Gasteiger partial charge in [0.25, 0.3) is 0 Å². The van der Waals surface area contributed by atoms with E-state index in [9.17, 15) is 0 Å². The van der Waals surface area contributed by atoms with E-state index in [1.165, 1.54) is 0 Å². The molecule has 5 rings (SSSR count). The number of hydrogen-bond donors (Lipinski definition) is 0. The van der Waals surface area contributed by atoms with Crippen molar-refractivity contribution in [3.63, 3.8) is 0 Å². The minimum absolute atomic E-state index is 0.904. The molecule has 0 amide bonds. The van der Waals surface area contributed by atoms with E-state index in [0.717, 1.165) is 44.1 Å². The maximum absolute atomic E-state index is 4.45. The van der Waals surface area contributed by atoms with Crippen LogP contribution in [-0.2, 0) is 0 Å². The van der Waals surface area contributed by atoms with E-state index in [0.29, 0.717) is 0 Å². The molecule has 0 aliphatic rings. The number of fused-ring (bicyclic) bond motifs is 2. The van der Waals surface area contributed by atoms with Gasteiger partial charge in [0, 0.05) is 45.4 Å². The summed E-state index contributed by atoms with van der Waals surface area (Å²) in [7, 11) is 0. The van der Waals surface area contributed by atoms with Crippen LogP contribution >= 0.6 is 0 Å². The van der Waals surface area contributed by atoms with Crippen molar-refractivity contribution in [3.05, 3.63) is 120 Å². The molecule has 138 valence electrons. The van der Waals surface area contributed by atoms with Crippen molar-refractivity contribution in [1.29, 1.82) is 0 Å². The van der Waals surface area contributed by atoms with Crippen LogP contribution in [-0.4, -0.2) is 9.97 Å². The molecule has 2 nitrogen and oxygen atoms in total. The number of para-hydroxylation sites is 2. The molecular weight excluding hydrogens is 364 g/mol. The summed E-state index contributed by atoms with van der Waals surface area (Å²) in [6.45, 7) is 0. The van der Waals surface area contributed by atoms with Crippen molar-refractivity contribution in [1.82, 2.24) is 9.97 Å². The Kier molecular flexibility index (Phi) is 4.67. The molecule has 0 N–H and O–H groups in total. The van der Waals surface area contributed by atoms with Crippen LogP contribution in [0.4, 0.5) is 0 Å². The molecule has 0 spiro atoms. The zero-order chi connectivity index (χ0) is 20.2. The number of pyridine rings is 2. The second-order valence-corrected chi connectivity index (χ2v) is 6.91. The summed E-state index contributed by atoms with van der Waals surface area (Å²) in [5.41, 5.74) is 5.66. The third kappa shape index (κ3) is 3.90. The summed E-state index contributed by atoms with van der Waals surface area (Å²) in [4.78, 5) is 8.91. The van der Waals surface area contributed by atoms with Crippen molar-refractivity contribution in [2.45, 2.75) is 0 Å². The molecule has 2 heteroatoms. The Morgan fingerprint density at radius 1 is 0.433 bits per heavy atom. The maximum Gasteiger partial charge on any atom is 0.0702 e. The lowest BCUT2D eigenvalue weighted by atomic mass is 10.1. The molecule has 0 aliphatic carbocycles. The molecule has 0 saturated carbocycles. The molecule has 0 atom stereocenters. The predicted molar refractivity (Wildman–Crippen MR) is 122 cm³/mol. The highest BCUT2D eigenvalue weighted by Crippen LogP contribution is 2.13. The molecular formula is C28H16N2. The minimum Gasteiger partial charge on any atom is -0.255 e. The second kappa shape index (κ2) is 7.92. The van der Waals surface area contributed by atoms with Crippen molar-refractivity contribution < 1.29 is 0 Å². The van der Waals surface area contributed by atoms with Gasteiger partial charge in [-0.05, 0) is 48.5 Å². The lowest BCUT2D eigenvalue weighted by Gasteiger charge is -1.97. The summed E-state index contributed by atoms with van der Waals surface area (Å²) in [6, 6.07) is 28.2. The zero-order valence-electron chi connectivity index (χ0n) is 16.1. The average Bonchev–Trinajstić information content (AvgIpc) is 2.82. The monoisotopic (exact) mass is 380 g/mol. The van der Waals surface area contributed by atoms with Gasteiger partial charge >= 0.3 is 0 Å². The van der Waals surface area contributed by atoms with Crippen LogP contribution < -0.4 is 0 Å². The van der Waals surface area contributed by atoms with E-state index in [1.807, 2.05) is 85.2 Å². The zero-order valence-corrected chi connectivity index (χ0v) is 16.1. The average molecular weight is 380 g/mol. The standard InChI is InChI=1S/C28H16N2/c1-3-7-27-25(5-1)17-23(19-29-27)15-13-21-9-11-22(12-10-21)14-16-24-18-26-6-2-4-8-28(26)30-20-24/h1-12,17-20H. The Hall–Kier alpha value is -4.40. The fourth-order valence-electron chi connectivity index (χ4n) is 3.20. The number of hydrogen-bond acceptors (Lipinski definition) is 2. The van der Waals surface area contributed by atoms with Gasteiger partial charge in [0.1, 0.15) is 0 Å². The van der Waals surface area contributed by atoms with E-state index < -0.39 is 0 Å². The van der Waals surface area contributed by atoms with Gasteiger partial charge in [0.05, 0.1) is 11.0 Å². The van der Waals surface area contributed by atoms with E-state index in [-0.39, 0.29) is 0 Å². The van der Waals surface area contributed by atoms with Crippen LogP contribution in [0.15, 0.2) is 97.3 Å². The first kappa shape index (κ1) is 17.7. The summed E-state index contributed by atoms with van der Waals surface area (Å²) >= 11 is 0. The highest BCUT2D eigenvalue weighted by molar-refractivity contribution is 5.80. The highest BCUT2D eigenvalue weighted by atomic mass is 14.6. The maximum atomic E-state index is 4.45. The summed E-state index contributed by atoms with van der Waals surface area (Å²) in [6.07, 6.45) is 3.62. The smallest absolute Gasteiger partial charge is 0.0702 e. The van der Waals surface area contributed by atoms with Gasteiger partial charge in [0.2, 0.25) is 0 Å². The van der Waals surface area contributed by atoms with Crippen LogP contribution in [0.1, 0.15) is 22.3 Å². The van der Waals surface area contributed by atoms with Crippen LogP contribution in [0.2, 0.25) is 0 Å². The SMILES string of the molecule is C(#Cc1cnc2ccccc2c1)c1ccc(C#Cc2cnc3ccccc3c2)cc1. The number of benzene rings is 3. The molecule has 2 aromatic heterocycles. The number of rotatable bonds is 0. The highest BCUT2D eigenvalue weighted by Gasteiger charge is 1.96. The fourth-order valence-corrected chi connectivity index (χ4v) is 3.20. The normalized spacial score (nSPS) is 10.1. The first-order valence-corrected chi connectivity index (χ1v) is 9.67. The Morgan fingerprint density at radius 2 is 0.833 bits per heavy atom. The van der Waals surface area contributed by atoms with E-state index in [2.05, 4.69) is 45.8 Å². The van der Waals surface area contributed by atoms with Gasteiger partial charge in [-0.25, -0.2) is 0 Å². The van der Waals surface area contributed by atoms with Gasteiger partial charge < -0.3 is 0 Å². The summed E-state index contributed by atoms with van der Waals surface area (Å²) in [5, 5.41) is 2.19. The largest absolute Gasteiger partial charge is 0.255 e. The third-order valence-corrected chi connectivity index (χ3v) is 4.77. The topological polar surface area (TPSA) is 25.8 Å². The molecule has 0 radical (unpaired) electrons. The van der Waals surface area contributed by atoms with E-state index in [4.69, 9.17) is 0 Å². The molecule has 5 aromatic rings. The molecule has 0 bridgehead atoms. The van der Waals surface area contributed by atoms with Gasteiger partial charge in [-0.3, -0.25) is 9.97 Å². The molecule has 0 fully saturated rings. The van der Waals surface area contributed by atoms with Gasteiger partial charge in [-0.2, -0.15) is 0 Å². The molecule has 0 aliphatic heterocycles. The van der Waals surface area contributed by atoms with Crippen molar-refractivity contribution in [3.8, 4) is 23.7 Å². The van der Waals surface area contributed by atoms with Gasteiger partial charge in [-0.15, -0.1) is 0 Å². The van der Waals surface area contributed by atoms with Crippen molar-refractivity contribution in [2.75, 3.05) is 0 Å². The Labute approximate surface area is 175 Å². The van der Waals surface area contributed by atoms with E-state index >= 15 is 0 Å². The molecule has 3 aromatic carbocycles. The third-order valence-electron chi connectivity index (χ3n) is 4.77. The van der Waals surface area contributed by atoms with Crippen LogP contribution in [0.3, 0.4) is 0 Å². The van der Waals surface area contributed by atoms with Gasteiger partial charge in [0.15, 0.2) is 0 Å². The minimum atomic E-state index is 0.904. The fraction of sp³-hybridized carbons (Fsp3) is 0. The van der Waals surface area contributed by atoms with Gasteiger partial charge in [-0.1, -0.05) is 60.1 Å². The lowest BCUT2D eigenvalue weighted by Crippen LogP contribution is -1.83. The quantitative estimate of drug-likeness (QED) is 0.328. The first-order chi connectivity index (χ1) is 14.8. The van der Waals surface area contributed by atoms with Crippen molar-refractivity contribution >= 4 is 21.8 Å². The lowest BCUT2D eigenvalue weighted by molar-refractivity contribution is 1.39. The Morgan fingerprint density at radius 3 is 1.30 bits per heavy atom. The van der Waals surface area contributed by atoms with Crippen LogP contribution in [0.25, 0.3) is 21.8 Å². The Bertz CT molecular complexity index is 1370.